The van der Waals surface area contributed by atoms with Crippen molar-refractivity contribution >= 4 is 34.4 Å². The number of anilines is 1. The largest absolute Gasteiger partial charge is 0.490 e. The molecule has 1 amide bonds. The molecule has 1 aromatic heterocycles. The van der Waals surface area contributed by atoms with Gasteiger partial charge in [0.2, 0.25) is 0 Å². The molecule has 0 radical (unpaired) electrons. The molecule has 10 heteroatoms. The zero-order chi connectivity index (χ0) is 25.7. The fraction of sp³-hybridized carbons (Fsp3) is 0.240. The summed E-state index contributed by atoms with van der Waals surface area (Å²) in [5.41, 5.74) is -0.710. The summed E-state index contributed by atoms with van der Waals surface area (Å²) in [5, 5.41) is 13.0. The SMILES string of the molecule is CCC(C)COc1cccc(-c2csc(NC(=O)c3cc(F)c(/C=C(\C)C(=O)O)c(F)c3)n2)c1F. The fourth-order valence-electron chi connectivity index (χ4n) is 2.93. The molecule has 35 heavy (non-hydrogen) atoms. The Balaban J connectivity index is 1.78. The van der Waals surface area contributed by atoms with Crippen molar-refractivity contribution in [3.8, 4) is 17.0 Å². The van der Waals surface area contributed by atoms with Crippen LogP contribution < -0.4 is 10.1 Å². The third-order valence-corrected chi connectivity index (χ3v) is 5.98. The normalized spacial score (nSPS) is 12.3. The molecule has 0 saturated carbocycles. The molecule has 0 aliphatic rings. The van der Waals surface area contributed by atoms with Gasteiger partial charge in [-0.15, -0.1) is 11.3 Å². The van der Waals surface area contributed by atoms with E-state index in [1.54, 1.807) is 6.07 Å². The van der Waals surface area contributed by atoms with Gasteiger partial charge < -0.3 is 9.84 Å². The lowest BCUT2D eigenvalue weighted by molar-refractivity contribution is -0.132. The monoisotopic (exact) mass is 504 g/mol. The average Bonchev–Trinajstić information content (AvgIpc) is 3.28. The Bertz CT molecular complexity index is 1270. The van der Waals surface area contributed by atoms with Gasteiger partial charge >= 0.3 is 5.97 Å². The van der Waals surface area contributed by atoms with Gasteiger partial charge in [0.1, 0.15) is 11.6 Å². The summed E-state index contributed by atoms with van der Waals surface area (Å²) < 4.78 is 49.2. The Kier molecular flexibility index (Phi) is 8.29. The van der Waals surface area contributed by atoms with Gasteiger partial charge in [-0.05, 0) is 43.2 Å². The van der Waals surface area contributed by atoms with Crippen molar-refractivity contribution in [3.63, 3.8) is 0 Å². The van der Waals surface area contributed by atoms with Gasteiger partial charge in [-0.3, -0.25) is 10.1 Å². The second-order valence-electron chi connectivity index (χ2n) is 7.92. The third-order valence-electron chi connectivity index (χ3n) is 5.22. The number of carboxylic acid groups (broad SMARTS) is 1. The molecule has 0 bridgehead atoms. The number of hydrogen-bond acceptors (Lipinski definition) is 5. The standard InChI is InChI=1S/C25H23F3N2O4S/c1-4-13(2)11-34-21-7-5-6-16(22(21)28)20-12-35-25(29-20)30-23(31)15-9-18(26)17(19(27)10-15)8-14(3)24(32)33/h5-10,12-13H,4,11H2,1-3H3,(H,32,33)(H,29,30,31)/b14-8+. The summed E-state index contributed by atoms with van der Waals surface area (Å²) in [6.07, 6.45) is 1.74. The molecule has 0 aliphatic heterocycles. The van der Waals surface area contributed by atoms with Gasteiger partial charge in [0.05, 0.1) is 12.3 Å². The zero-order valence-electron chi connectivity index (χ0n) is 19.2. The molecule has 0 fully saturated rings. The van der Waals surface area contributed by atoms with Crippen LogP contribution in [0.2, 0.25) is 0 Å². The van der Waals surface area contributed by atoms with Crippen molar-refractivity contribution in [2.24, 2.45) is 5.92 Å². The number of carbonyl (C=O) groups excluding carboxylic acids is 1. The third kappa shape index (κ3) is 6.27. The van der Waals surface area contributed by atoms with Gasteiger partial charge in [0.25, 0.3) is 5.91 Å². The second-order valence-corrected chi connectivity index (χ2v) is 8.78. The highest BCUT2D eigenvalue weighted by Gasteiger charge is 2.18. The van der Waals surface area contributed by atoms with Gasteiger partial charge in [-0.25, -0.2) is 22.9 Å². The van der Waals surface area contributed by atoms with Crippen molar-refractivity contribution < 1.29 is 32.6 Å². The van der Waals surface area contributed by atoms with Crippen molar-refractivity contribution in [2.75, 3.05) is 11.9 Å². The highest BCUT2D eigenvalue weighted by Crippen LogP contribution is 2.32. The fourth-order valence-corrected chi connectivity index (χ4v) is 3.63. The van der Waals surface area contributed by atoms with Crippen LogP contribution in [0.25, 0.3) is 17.3 Å². The molecular formula is C25H23F3N2O4S. The first kappa shape index (κ1) is 26.0. The zero-order valence-corrected chi connectivity index (χ0v) is 20.0. The lowest BCUT2D eigenvalue weighted by Crippen LogP contribution is -2.13. The van der Waals surface area contributed by atoms with Gasteiger partial charge in [0, 0.05) is 27.6 Å². The minimum atomic E-state index is -1.32. The van der Waals surface area contributed by atoms with Crippen LogP contribution in [0.3, 0.4) is 0 Å². The summed E-state index contributed by atoms with van der Waals surface area (Å²) in [6.45, 7) is 5.57. The molecule has 3 rings (SSSR count). The van der Waals surface area contributed by atoms with Crippen molar-refractivity contribution in [1.82, 2.24) is 4.98 Å². The Morgan fingerprint density at radius 3 is 2.54 bits per heavy atom. The molecule has 2 aromatic carbocycles. The molecule has 1 atom stereocenters. The molecule has 2 N–H and O–H groups in total. The van der Waals surface area contributed by atoms with Gasteiger partial charge in [-0.1, -0.05) is 26.3 Å². The summed E-state index contributed by atoms with van der Waals surface area (Å²) in [5.74, 6) is -4.56. The number of nitrogens with one attached hydrogen (secondary N) is 1. The van der Waals surface area contributed by atoms with E-state index >= 15 is 0 Å². The number of hydrogen-bond donors (Lipinski definition) is 2. The Morgan fingerprint density at radius 2 is 1.91 bits per heavy atom. The maximum atomic E-state index is 14.9. The van der Waals surface area contributed by atoms with Gasteiger partial charge in [0.15, 0.2) is 16.7 Å². The van der Waals surface area contributed by atoms with E-state index in [9.17, 15) is 22.8 Å². The average molecular weight is 505 g/mol. The topological polar surface area (TPSA) is 88.5 Å². The molecule has 0 saturated heterocycles. The number of aliphatic carboxylic acids is 1. The quantitative estimate of drug-likeness (QED) is 0.330. The first-order valence-corrected chi connectivity index (χ1v) is 11.6. The summed E-state index contributed by atoms with van der Waals surface area (Å²) >= 11 is 1.01. The van der Waals surface area contributed by atoms with Crippen LogP contribution >= 0.6 is 11.3 Å². The highest BCUT2D eigenvalue weighted by atomic mass is 32.1. The molecule has 3 aromatic rings. The number of rotatable bonds is 9. The van der Waals surface area contributed by atoms with Crippen LogP contribution in [0.4, 0.5) is 18.3 Å². The molecule has 1 unspecified atom stereocenters. The van der Waals surface area contributed by atoms with Crippen molar-refractivity contribution in [2.45, 2.75) is 27.2 Å². The molecule has 0 aliphatic carbocycles. The minimum Gasteiger partial charge on any atom is -0.490 e. The highest BCUT2D eigenvalue weighted by molar-refractivity contribution is 7.14. The van der Waals surface area contributed by atoms with Gasteiger partial charge in [-0.2, -0.15) is 0 Å². The molecule has 0 spiro atoms. The van der Waals surface area contributed by atoms with E-state index in [1.807, 2.05) is 13.8 Å². The maximum absolute atomic E-state index is 14.9. The van der Waals surface area contributed by atoms with E-state index in [4.69, 9.17) is 9.84 Å². The van der Waals surface area contributed by atoms with Crippen LogP contribution in [-0.2, 0) is 4.79 Å². The van der Waals surface area contributed by atoms with E-state index in [0.29, 0.717) is 6.61 Å². The summed E-state index contributed by atoms with van der Waals surface area (Å²) in [4.78, 5) is 27.6. The number of thiazole rings is 1. The number of amides is 1. The number of carboxylic acids is 1. The Hall–Kier alpha value is -3.66. The summed E-state index contributed by atoms with van der Waals surface area (Å²) in [7, 11) is 0. The number of benzene rings is 2. The van der Waals surface area contributed by atoms with Crippen molar-refractivity contribution in [1.29, 1.82) is 0 Å². The first-order valence-electron chi connectivity index (χ1n) is 10.7. The second kappa shape index (κ2) is 11.2. The number of ether oxygens (including phenoxy) is 1. The van der Waals surface area contributed by atoms with E-state index in [1.165, 1.54) is 24.4 Å². The van der Waals surface area contributed by atoms with Crippen LogP contribution in [0, 0.1) is 23.4 Å². The predicted molar refractivity (Wildman–Crippen MR) is 128 cm³/mol. The number of nitrogens with zero attached hydrogens (tertiary/aromatic N) is 1. The van der Waals surface area contributed by atoms with Crippen LogP contribution in [0.15, 0.2) is 41.3 Å². The van der Waals surface area contributed by atoms with E-state index in [-0.39, 0.29) is 39.2 Å². The molecular weight excluding hydrogens is 481 g/mol. The van der Waals surface area contributed by atoms with Crippen LogP contribution in [-0.4, -0.2) is 28.6 Å². The lowest BCUT2D eigenvalue weighted by Gasteiger charge is -2.12. The lowest BCUT2D eigenvalue weighted by atomic mass is 10.1. The smallest absolute Gasteiger partial charge is 0.331 e. The van der Waals surface area contributed by atoms with E-state index in [2.05, 4.69) is 10.3 Å². The number of halogens is 3. The predicted octanol–water partition coefficient (Wildman–Crippen LogP) is 6.39. The maximum Gasteiger partial charge on any atom is 0.331 e. The minimum absolute atomic E-state index is 0.0969. The Labute approximate surface area is 204 Å². The molecule has 184 valence electrons. The van der Waals surface area contributed by atoms with Crippen LogP contribution in [0.1, 0.15) is 43.1 Å². The van der Waals surface area contributed by atoms with Crippen LogP contribution in [0.5, 0.6) is 5.75 Å². The van der Waals surface area contributed by atoms with Crippen molar-refractivity contribution in [3.05, 3.63) is 69.9 Å². The molecule has 6 nitrogen and oxygen atoms in total. The Morgan fingerprint density at radius 1 is 1.23 bits per heavy atom. The first-order chi connectivity index (χ1) is 16.6. The number of aromatic nitrogens is 1. The summed E-state index contributed by atoms with van der Waals surface area (Å²) in [6, 6.07) is 6.28. The molecule has 1 heterocycles. The van der Waals surface area contributed by atoms with E-state index < -0.39 is 34.9 Å². The number of carbonyl (C=O) groups is 2. The van der Waals surface area contributed by atoms with E-state index in [0.717, 1.165) is 36.0 Å².